The summed E-state index contributed by atoms with van der Waals surface area (Å²) in [5.74, 6) is 0. The molecule has 1 rings (SSSR count). The van der Waals surface area contributed by atoms with Gasteiger partial charge in [0.2, 0.25) is 0 Å². The van der Waals surface area contributed by atoms with Crippen LogP contribution in [0.15, 0.2) is 0 Å². The van der Waals surface area contributed by atoms with Crippen molar-refractivity contribution in [2.75, 3.05) is 19.6 Å². The van der Waals surface area contributed by atoms with Crippen molar-refractivity contribution in [3.05, 3.63) is 0 Å². The predicted molar refractivity (Wildman–Crippen MR) is 58.6 cm³/mol. The molecule has 1 saturated heterocycles. The Morgan fingerprint density at radius 2 is 1.33 bits per heavy atom. The van der Waals surface area contributed by atoms with Crippen LogP contribution >= 0.6 is 0 Å². The summed E-state index contributed by atoms with van der Waals surface area (Å²) in [6, 6.07) is 0. The summed E-state index contributed by atoms with van der Waals surface area (Å²) in [6.45, 7) is 18.7. The van der Waals surface area contributed by atoms with Gasteiger partial charge in [-0.15, -0.1) is 0 Å². The maximum Gasteiger partial charge on any atom is 0.00450 e. The molecule has 1 aliphatic heterocycles. The Balaban J connectivity index is 0. The highest BCUT2D eigenvalue weighted by Crippen LogP contribution is 2.27. The van der Waals surface area contributed by atoms with E-state index in [-0.39, 0.29) is 0 Å². The van der Waals surface area contributed by atoms with Gasteiger partial charge in [-0.3, -0.25) is 0 Å². The first kappa shape index (κ1) is 14.5. The van der Waals surface area contributed by atoms with Gasteiger partial charge < -0.3 is 4.90 Å². The Bertz CT molecular complexity index is 79.0. The molecule has 0 aromatic carbocycles. The summed E-state index contributed by atoms with van der Waals surface area (Å²) in [7, 11) is 0. The van der Waals surface area contributed by atoms with Crippen LogP contribution in [0.4, 0.5) is 0 Å². The van der Waals surface area contributed by atoms with E-state index >= 15 is 0 Å². The molecule has 0 spiro atoms. The Labute approximate surface area is 79.2 Å². The number of hydrogen-bond acceptors (Lipinski definition) is 1. The minimum atomic E-state index is 0.621. The second kappa shape index (κ2) is 7.60. The van der Waals surface area contributed by atoms with E-state index in [9.17, 15) is 0 Å². The summed E-state index contributed by atoms with van der Waals surface area (Å²) < 4.78 is 0. The normalized spacial score (nSPS) is 19.2. The van der Waals surface area contributed by atoms with Crippen LogP contribution in [0.1, 0.15) is 48.5 Å². The molecule has 0 aliphatic carbocycles. The molecular formula is C11H27N. The van der Waals surface area contributed by atoms with Crippen molar-refractivity contribution in [2.45, 2.75) is 48.5 Å². The number of hydrogen-bond donors (Lipinski definition) is 0. The van der Waals surface area contributed by atoms with Gasteiger partial charge in [0.05, 0.1) is 0 Å². The molecule has 0 saturated carbocycles. The molecule has 0 aromatic heterocycles. The molecule has 1 heteroatoms. The van der Waals surface area contributed by atoms with Gasteiger partial charge in [-0.1, -0.05) is 48.5 Å². The highest BCUT2D eigenvalue weighted by Gasteiger charge is 2.32. The number of likely N-dealkylation sites (tertiary alicyclic amines) is 1. The van der Waals surface area contributed by atoms with Crippen LogP contribution in [-0.2, 0) is 0 Å². The van der Waals surface area contributed by atoms with Gasteiger partial charge in [0.25, 0.3) is 0 Å². The SMILES string of the molecule is CC.CC.CCN1CC(C)(C)C1. The second-order valence-electron chi connectivity index (χ2n) is 3.47. The summed E-state index contributed by atoms with van der Waals surface area (Å²) in [6.07, 6.45) is 0. The lowest BCUT2D eigenvalue weighted by Gasteiger charge is -2.45. The van der Waals surface area contributed by atoms with Gasteiger partial charge >= 0.3 is 0 Å². The van der Waals surface area contributed by atoms with Gasteiger partial charge in [0, 0.05) is 13.1 Å². The number of rotatable bonds is 1. The van der Waals surface area contributed by atoms with E-state index in [0.717, 1.165) is 0 Å². The minimum absolute atomic E-state index is 0.621. The lowest BCUT2D eigenvalue weighted by molar-refractivity contribution is 0.0364. The molecule has 0 amide bonds. The van der Waals surface area contributed by atoms with Gasteiger partial charge in [-0.25, -0.2) is 0 Å². The van der Waals surface area contributed by atoms with Gasteiger partial charge in [-0.2, -0.15) is 0 Å². The fraction of sp³-hybridized carbons (Fsp3) is 1.00. The van der Waals surface area contributed by atoms with Crippen molar-refractivity contribution in [3.8, 4) is 0 Å². The molecule has 0 atom stereocenters. The lowest BCUT2D eigenvalue weighted by Crippen LogP contribution is -2.52. The quantitative estimate of drug-likeness (QED) is 0.587. The highest BCUT2D eigenvalue weighted by molar-refractivity contribution is 4.86. The highest BCUT2D eigenvalue weighted by atomic mass is 15.2. The van der Waals surface area contributed by atoms with Crippen LogP contribution in [0.3, 0.4) is 0 Å². The Kier molecular flexibility index (Phi) is 9.17. The molecule has 0 bridgehead atoms. The largest absolute Gasteiger partial charge is 0.302 e. The lowest BCUT2D eigenvalue weighted by atomic mass is 9.85. The summed E-state index contributed by atoms with van der Waals surface area (Å²) in [4.78, 5) is 2.46. The van der Waals surface area contributed by atoms with Gasteiger partial charge in [-0.05, 0) is 12.0 Å². The summed E-state index contributed by atoms with van der Waals surface area (Å²) in [5, 5.41) is 0. The fourth-order valence-corrected chi connectivity index (χ4v) is 1.39. The van der Waals surface area contributed by atoms with Crippen LogP contribution in [-0.4, -0.2) is 24.5 Å². The summed E-state index contributed by atoms with van der Waals surface area (Å²) >= 11 is 0. The fourth-order valence-electron chi connectivity index (χ4n) is 1.39. The molecular weight excluding hydrogens is 146 g/mol. The maximum absolute atomic E-state index is 2.46. The summed E-state index contributed by atoms with van der Waals surface area (Å²) in [5.41, 5.74) is 0.621. The topological polar surface area (TPSA) is 3.24 Å². The minimum Gasteiger partial charge on any atom is -0.302 e. The zero-order valence-corrected chi connectivity index (χ0v) is 10.1. The molecule has 1 aliphatic rings. The third kappa shape index (κ3) is 5.59. The molecule has 1 fully saturated rings. The van der Waals surface area contributed by atoms with E-state index in [1.807, 2.05) is 27.7 Å². The van der Waals surface area contributed by atoms with Crippen LogP contribution < -0.4 is 0 Å². The van der Waals surface area contributed by atoms with Gasteiger partial charge in [0.15, 0.2) is 0 Å². The van der Waals surface area contributed by atoms with Crippen LogP contribution in [0, 0.1) is 5.41 Å². The van der Waals surface area contributed by atoms with E-state index in [1.165, 1.54) is 19.6 Å². The Morgan fingerprint density at radius 3 is 1.42 bits per heavy atom. The van der Waals surface area contributed by atoms with Crippen molar-refractivity contribution in [2.24, 2.45) is 5.41 Å². The number of nitrogens with zero attached hydrogens (tertiary/aromatic N) is 1. The third-order valence-corrected chi connectivity index (χ3v) is 1.75. The third-order valence-electron chi connectivity index (χ3n) is 1.75. The average Bonchev–Trinajstić information content (AvgIpc) is 2.07. The van der Waals surface area contributed by atoms with Crippen molar-refractivity contribution in [1.82, 2.24) is 4.90 Å². The van der Waals surface area contributed by atoms with E-state index in [0.29, 0.717) is 5.41 Å². The molecule has 0 radical (unpaired) electrons. The van der Waals surface area contributed by atoms with E-state index < -0.39 is 0 Å². The molecule has 1 nitrogen and oxygen atoms in total. The van der Waals surface area contributed by atoms with E-state index in [1.54, 1.807) is 0 Å². The molecule has 12 heavy (non-hydrogen) atoms. The monoisotopic (exact) mass is 173 g/mol. The average molecular weight is 173 g/mol. The first-order chi connectivity index (χ1) is 5.64. The molecule has 0 aromatic rings. The van der Waals surface area contributed by atoms with Crippen molar-refractivity contribution >= 4 is 0 Å². The standard InChI is InChI=1S/C7H15N.2C2H6/c1-4-8-5-7(2,3)6-8;2*1-2/h4-6H2,1-3H3;2*1-2H3. The van der Waals surface area contributed by atoms with Crippen molar-refractivity contribution in [1.29, 1.82) is 0 Å². The Hall–Kier alpha value is -0.0400. The van der Waals surface area contributed by atoms with Gasteiger partial charge in [0.1, 0.15) is 0 Å². The van der Waals surface area contributed by atoms with E-state index in [4.69, 9.17) is 0 Å². The molecule has 76 valence electrons. The van der Waals surface area contributed by atoms with E-state index in [2.05, 4.69) is 25.7 Å². The van der Waals surface area contributed by atoms with Crippen LogP contribution in [0.5, 0.6) is 0 Å². The zero-order valence-electron chi connectivity index (χ0n) is 10.1. The predicted octanol–water partition coefficient (Wildman–Crippen LogP) is 3.40. The molecule has 0 N–H and O–H groups in total. The molecule has 1 heterocycles. The smallest absolute Gasteiger partial charge is 0.00450 e. The maximum atomic E-state index is 2.46. The first-order valence-corrected chi connectivity index (χ1v) is 5.36. The first-order valence-electron chi connectivity index (χ1n) is 5.36. The van der Waals surface area contributed by atoms with Crippen LogP contribution in [0.25, 0.3) is 0 Å². The zero-order chi connectivity index (χ0) is 10.2. The Morgan fingerprint density at radius 1 is 1.00 bits per heavy atom. The molecule has 0 unspecified atom stereocenters. The van der Waals surface area contributed by atoms with Crippen molar-refractivity contribution < 1.29 is 0 Å². The second-order valence-corrected chi connectivity index (χ2v) is 3.47. The van der Waals surface area contributed by atoms with Crippen LogP contribution in [0.2, 0.25) is 0 Å². The van der Waals surface area contributed by atoms with Crippen molar-refractivity contribution in [3.63, 3.8) is 0 Å².